The minimum Gasteiger partial charge on any atom is -0.490 e. The van der Waals surface area contributed by atoms with Gasteiger partial charge in [0.05, 0.1) is 18.9 Å². The molecule has 1 aliphatic rings. The molecule has 0 saturated heterocycles. The summed E-state index contributed by atoms with van der Waals surface area (Å²) in [5.74, 6) is 1.66. The van der Waals surface area contributed by atoms with E-state index in [0.717, 1.165) is 23.6 Å². The molecule has 0 spiro atoms. The quantitative estimate of drug-likeness (QED) is 0.935. The zero-order chi connectivity index (χ0) is 14.5. The summed E-state index contributed by atoms with van der Waals surface area (Å²) < 4.78 is 11.4. The van der Waals surface area contributed by atoms with Crippen LogP contribution in [0.4, 0.5) is 0 Å². The number of nitrogens with one attached hydrogen (secondary N) is 1. The lowest BCUT2D eigenvalue weighted by Crippen LogP contribution is -2.19. The highest BCUT2D eigenvalue weighted by atomic mass is 16.5. The average molecular weight is 285 g/mol. The number of hydrogen-bond acceptors (Lipinski definition) is 5. The van der Waals surface area contributed by atoms with Gasteiger partial charge in [0.2, 0.25) is 0 Å². The lowest BCUT2D eigenvalue weighted by molar-refractivity contribution is 0.297. The Labute approximate surface area is 124 Å². The molecule has 21 heavy (non-hydrogen) atoms. The van der Waals surface area contributed by atoms with Gasteiger partial charge in [0.25, 0.3) is 0 Å². The summed E-state index contributed by atoms with van der Waals surface area (Å²) in [5, 5.41) is 11.4. The first-order valence-electron chi connectivity index (χ1n) is 7.22. The Bertz CT molecular complexity index is 589. The first-order chi connectivity index (χ1) is 10.3. The molecule has 0 fully saturated rings. The molecular formula is C16H19N3O2. The van der Waals surface area contributed by atoms with Crippen LogP contribution in [0, 0.1) is 0 Å². The standard InChI is InChI=1S/C16H19N3O2/c1-12(17-11-14-4-2-7-18-19-14)13-5-6-15-16(10-13)21-9-3-8-20-15/h2,4-7,10,12,17H,3,8-9,11H2,1H3. The third-order valence-electron chi connectivity index (χ3n) is 3.49. The van der Waals surface area contributed by atoms with Crippen molar-refractivity contribution >= 4 is 0 Å². The summed E-state index contributed by atoms with van der Waals surface area (Å²) in [4.78, 5) is 0. The van der Waals surface area contributed by atoms with E-state index >= 15 is 0 Å². The first kappa shape index (κ1) is 13.8. The van der Waals surface area contributed by atoms with E-state index in [-0.39, 0.29) is 6.04 Å². The number of fused-ring (bicyclic) bond motifs is 1. The normalized spacial score (nSPS) is 15.3. The van der Waals surface area contributed by atoms with Crippen molar-refractivity contribution in [3.05, 3.63) is 47.8 Å². The van der Waals surface area contributed by atoms with Crippen LogP contribution < -0.4 is 14.8 Å². The van der Waals surface area contributed by atoms with Crippen LogP contribution in [-0.4, -0.2) is 23.4 Å². The van der Waals surface area contributed by atoms with Crippen LogP contribution in [0.3, 0.4) is 0 Å². The van der Waals surface area contributed by atoms with Gasteiger partial charge in [-0.15, -0.1) is 0 Å². The molecule has 2 heterocycles. The topological polar surface area (TPSA) is 56.3 Å². The highest BCUT2D eigenvalue weighted by molar-refractivity contribution is 5.44. The largest absolute Gasteiger partial charge is 0.490 e. The fourth-order valence-electron chi connectivity index (χ4n) is 2.25. The van der Waals surface area contributed by atoms with Crippen LogP contribution in [0.1, 0.15) is 30.6 Å². The van der Waals surface area contributed by atoms with Crippen LogP contribution in [-0.2, 0) is 6.54 Å². The van der Waals surface area contributed by atoms with Gasteiger partial charge in [0.1, 0.15) is 0 Å². The van der Waals surface area contributed by atoms with Gasteiger partial charge in [0.15, 0.2) is 11.5 Å². The van der Waals surface area contributed by atoms with Gasteiger partial charge in [0, 0.05) is 25.2 Å². The Kier molecular flexibility index (Phi) is 4.31. The smallest absolute Gasteiger partial charge is 0.161 e. The number of hydrogen-bond donors (Lipinski definition) is 1. The van der Waals surface area contributed by atoms with Gasteiger partial charge in [-0.25, -0.2) is 0 Å². The molecule has 2 aromatic rings. The zero-order valence-electron chi connectivity index (χ0n) is 12.1. The molecule has 1 atom stereocenters. The van der Waals surface area contributed by atoms with Gasteiger partial charge >= 0.3 is 0 Å². The molecule has 0 saturated carbocycles. The van der Waals surface area contributed by atoms with Crippen molar-refractivity contribution in [1.82, 2.24) is 15.5 Å². The van der Waals surface area contributed by atoms with Gasteiger partial charge in [-0.3, -0.25) is 0 Å². The molecular weight excluding hydrogens is 266 g/mol. The van der Waals surface area contributed by atoms with Crippen LogP contribution in [0.25, 0.3) is 0 Å². The first-order valence-corrected chi connectivity index (χ1v) is 7.22. The molecule has 1 N–H and O–H groups in total. The van der Waals surface area contributed by atoms with Gasteiger partial charge < -0.3 is 14.8 Å². The van der Waals surface area contributed by atoms with E-state index in [1.165, 1.54) is 5.56 Å². The van der Waals surface area contributed by atoms with Gasteiger partial charge in [-0.2, -0.15) is 10.2 Å². The zero-order valence-corrected chi connectivity index (χ0v) is 12.1. The Hall–Kier alpha value is -2.14. The van der Waals surface area contributed by atoms with E-state index in [1.807, 2.05) is 18.2 Å². The minimum atomic E-state index is 0.198. The number of nitrogens with zero attached hydrogens (tertiary/aromatic N) is 2. The van der Waals surface area contributed by atoms with Crippen molar-refractivity contribution < 1.29 is 9.47 Å². The summed E-state index contributed by atoms with van der Waals surface area (Å²) in [7, 11) is 0. The van der Waals surface area contributed by atoms with Gasteiger partial charge in [-0.05, 0) is 36.8 Å². The Morgan fingerprint density at radius 1 is 1.19 bits per heavy atom. The third kappa shape index (κ3) is 3.49. The summed E-state index contributed by atoms with van der Waals surface area (Å²) in [6.45, 7) is 4.23. The maximum absolute atomic E-state index is 5.73. The van der Waals surface area contributed by atoms with E-state index in [2.05, 4.69) is 34.6 Å². The Morgan fingerprint density at radius 2 is 2.05 bits per heavy atom. The maximum atomic E-state index is 5.73. The van der Waals surface area contributed by atoms with E-state index in [9.17, 15) is 0 Å². The van der Waals surface area contributed by atoms with E-state index < -0.39 is 0 Å². The summed E-state index contributed by atoms with van der Waals surface area (Å²) in [6.07, 6.45) is 2.60. The summed E-state index contributed by atoms with van der Waals surface area (Å²) in [6, 6.07) is 10.2. The maximum Gasteiger partial charge on any atom is 0.161 e. The molecule has 5 heteroatoms. The highest BCUT2D eigenvalue weighted by Gasteiger charge is 2.13. The van der Waals surface area contributed by atoms with Crippen LogP contribution in [0.15, 0.2) is 36.5 Å². The van der Waals surface area contributed by atoms with Crippen molar-refractivity contribution in [1.29, 1.82) is 0 Å². The molecule has 0 bridgehead atoms. The highest BCUT2D eigenvalue weighted by Crippen LogP contribution is 2.32. The lowest BCUT2D eigenvalue weighted by Gasteiger charge is -2.16. The molecule has 3 rings (SSSR count). The van der Waals surface area contributed by atoms with E-state index in [1.54, 1.807) is 6.20 Å². The van der Waals surface area contributed by atoms with Gasteiger partial charge in [-0.1, -0.05) is 6.07 Å². The predicted molar refractivity (Wildman–Crippen MR) is 79.3 cm³/mol. The minimum absolute atomic E-state index is 0.198. The Balaban J connectivity index is 1.67. The molecule has 1 aromatic carbocycles. The van der Waals surface area contributed by atoms with Crippen LogP contribution in [0.5, 0.6) is 11.5 Å². The van der Waals surface area contributed by atoms with Crippen molar-refractivity contribution in [2.45, 2.75) is 25.9 Å². The monoisotopic (exact) mass is 285 g/mol. The average Bonchev–Trinajstić information content (AvgIpc) is 2.78. The summed E-state index contributed by atoms with van der Waals surface area (Å²) in [5.41, 5.74) is 2.10. The number of ether oxygens (including phenoxy) is 2. The molecule has 1 aliphatic heterocycles. The van der Waals surface area contributed by atoms with Crippen molar-refractivity contribution in [3.63, 3.8) is 0 Å². The fraction of sp³-hybridized carbons (Fsp3) is 0.375. The molecule has 0 aliphatic carbocycles. The molecule has 1 unspecified atom stereocenters. The lowest BCUT2D eigenvalue weighted by atomic mass is 10.1. The fourth-order valence-corrected chi connectivity index (χ4v) is 2.25. The molecule has 0 radical (unpaired) electrons. The number of rotatable bonds is 4. The van der Waals surface area contributed by atoms with Crippen LogP contribution in [0.2, 0.25) is 0 Å². The number of aromatic nitrogens is 2. The third-order valence-corrected chi connectivity index (χ3v) is 3.49. The van der Waals surface area contributed by atoms with Crippen molar-refractivity contribution in [2.75, 3.05) is 13.2 Å². The van der Waals surface area contributed by atoms with E-state index in [0.29, 0.717) is 19.8 Å². The van der Waals surface area contributed by atoms with Crippen LogP contribution >= 0.6 is 0 Å². The molecule has 5 nitrogen and oxygen atoms in total. The molecule has 1 aromatic heterocycles. The second-order valence-electron chi connectivity index (χ2n) is 5.07. The van der Waals surface area contributed by atoms with E-state index in [4.69, 9.17) is 9.47 Å². The van der Waals surface area contributed by atoms with Crippen molar-refractivity contribution in [2.24, 2.45) is 0 Å². The Morgan fingerprint density at radius 3 is 2.86 bits per heavy atom. The van der Waals surface area contributed by atoms with Crippen molar-refractivity contribution in [3.8, 4) is 11.5 Å². The molecule has 110 valence electrons. The predicted octanol–water partition coefficient (Wildman–Crippen LogP) is 2.49. The summed E-state index contributed by atoms with van der Waals surface area (Å²) >= 11 is 0. The molecule has 0 amide bonds. The number of benzene rings is 1. The SMILES string of the molecule is CC(NCc1cccnn1)c1ccc2c(c1)OCCCO2. The second kappa shape index (κ2) is 6.54. The second-order valence-corrected chi connectivity index (χ2v) is 5.07.